The molecule has 1 aromatic rings. The molecule has 2 N–H and O–H groups in total. The Hall–Kier alpha value is -0.580. The van der Waals surface area contributed by atoms with Crippen LogP contribution < -0.4 is 0 Å². The Morgan fingerprint density at radius 3 is 2.53 bits per heavy atom. The molecule has 0 amide bonds. The number of hydrogen-bond donors (Lipinski definition) is 2. The molecule has 86 valence electrons. The fourth-order valence-electron chi connectivity index (χ4n) is 1.44. The summed E-state index contributed by atoms with van der Waals surface area (Å²) in [5.41, 5.74) is 0.486. The summed E-state index contributed by atoms with van der Waals surface area (Å²) in [6.07, 6.45) is -0.333. The average molecular weight is 233 g/mol. The average Bonchev–Trinajstić information content (AvgIpc) is 2.57. The lowest BCUT2D eigenvalue weighted by Crippen LogP contribution is -2.26. The summed E-state index contributed by atoms with van der Waals surface area (Å²) in [6.45, 7) is 6.20. The van der Waals surface area contributed by atoms with Gasteiger partial charge in [-0.25, -0.2) is 0 Å². The molecule has 0 saturated heterocycles. The fourth-order valence-corrected chi connectivity index (χ4v) is 1.70. The molecule has 2 unspecified atom stereocenters. The van der Waals surface area contributed by atoms with Crippen molar-refractivity contribution in [1.82, 2.24) is 9.78 Å². The van der Waals surface area contributed by atoms with Crippen LogP contribution in [0.3, 0.4) is 0 Å². The van der Waals surface area contributed by atoms with E-state index in [0.29, 0.717) is 17.3 Å². The highest BCUT2D eigenvalue weighted by atomic mass is 35.5. The predicted octanol–water partition coefficient (Wildman–Crippen LogP) is 1.61. The van der Waals surface area contributed by atoms with E-state index in [0.717, 1.165) is 0 Å². The second-order valence-electron chi connectivity index (χ2n) is 3.87. The molecule has 0 aromatic carbocycles. The zero-order valence-electron chi connectivity index (χ0n) is 9.18. The zero-order valence-corrected chi connectivity index (χ0v) is 9.94. The summed E-state index contributed by atoms with van der Waals surface area (Å²) in [4.78, 5) is 0. The maximum atomic E-state index is 9.95. The number of halogens is 1. The van der Waals surface area contributed by atoms with E-state index in [2.05, 4.69) is 5.10 Å². The molecule has 0 spiro atoms. The molecular weight excluding hydrogens is 216 g/mol. The van der Waals surface area contributed by atoms with Gasteiger partial charge >= 0.3 is 0 Å². The highest BCUT2D eigenvalue weighted by Gasteiger charge is 2.26. The molecule has 0 saturated carbocycles. The molecule has 1 aromatic heterocycles. The number of nitrogens with zero attached hydrogens (tertiary/aromatic N) is 2. The first-order chi connectivity index (χ1) is 6.99. The van der Waals surface area contributed by atoms with E-state index in [1.54, 1.807) is 4.68 Å². The van der Waals surface area contributed by atoms with Gasteiger partial charge in [-0.05, 0) is 12.8 Å². The number of aryl methyl sites for hydroxylation is 1. The van der Waals surface area contributed by atoms with Crippen LogP contribution in [0, 0.1) is 5.92 Å². The van der Waals surface area contributed by atoms with Gasteiger partial charge in [-0.1, -0.05) is 25.4 Å². The minimum Gasteiger partial charge on any atom is -0.390 e. The van der Waals surface area contributed by atoms with Crippen LogP contribution in [-0.4, -0.2) is 26.1 Å². The third-order valence-corrected chi connectivity index (χ3v) is 2.71. The number of rotatable bonds is 4. The number of aliphatic hydroxyl groups is 2. The SMILES string of the molecule is CCn1ncc(Cl)c1C(O)C(O)C(C)C. The van der Waals surface area contributed by atoms with Crippen molar-refractivity contribution in [1.29, 1.82) is 0 Å². The summed E-state index contributed by atoms with van der Waals surface area (Å²) in [7, 11) is 0. The maximum absolute atomic E-state index is 9.95. The molecule has 1 rings (SSSR count). The molecule has 15 heavy (non-hydrogen) atoms. The second-order valence-corrected chi connectivity index (χ2v) is 4.28. The van der Waals surface area contributed by atoms with Gasteiger partial charge in [0, 0.05) is 6.54 Å². The summed E-state index contributed by atoms with van der Waals surface area (Å²) in [5.74, 6) is -0.0312. The van der Waals surface area contributed by atoms with Crippen LogP contribution in [0.1, 0.15) is 32.6 Å². The lowest BCUT2D eigenvalue weighted by Gasteiger charge is -2.22. The van der Waals surface area contributed by atoms with Gasteiger partial charge in [-0.15, -0.1) is 0 Å². The first-order valence-electron chi connectivity index (χ1n) is 5.06. The molecule has 0 aliphatic carbocycles. The molecule has 0 fully saturated rings. The van der Waals surface area contributed by atoms with Crippen molar-refractivity contribution in [3.63, 3.8) is 0 Å². The van der Waals surface area contributed by atoms with Crippen LogP contribution in [0.2, 0.25) is 5.02 Å². The van der Waals surface area contributed by atoms with Crippen LogP contribution in [0.5, 0.6) is 0 Å². The monoisotopic (exact) mass is 232 g/mol. The van der Waals surface area contributed by atoms with Gasteiger partial charge < -0.3 is 10.2 Å². The van der Waals surface area contributed by atoms with E-state index in [9.17, 15) is 10.2 Å². The van der Waals surface area contributed by atoms with E-state index < -0.39 is 12.2 Å². The Morgan fingerprint density at radius 2 is 2.07 bits per heavy atom. The molecule has 0 radical (unpaired) electrons. The van der Waals surface area contributed by atoms with Gasteiger partial charge in [0.2, 0.25) is 0 Å². The first kappa shape index (κ1) is 12.5. The Kier molecular flexibility index (Phi) is 4.13. The van der Waals surface area contributed by atoms with Gasteiger partial charge in [0.15, 0.2) is 0 Å². The van der Waals surface area contributed by atoms with Gasteiger partial charge in [0.05, 0.1) is 23.0 Å². The van der Waals surface area contributed by atoms with Crippen LogP contribution in [0.15, 0.2) is 6.20 Å². The van der Waals surface area contributed by atoms with Crippen molar-refractivity contribution in [3.05, 3.63) is 16.9 Å². The van der Waals surface area contributed by atoms with Crippen LogP contribution in [0.4, 0.5) is 0 Å². The van der Waals surface area contributed by atoms with E-state index in [4.69, 9.17) is 11.6 Å². The van der Waals surface area contributed by atoms with E-state index >= 15 is 0 Å². The maximum Gasteiger partial charge on any atom is 0.123 e. The predicted molar refractivity (Wildman–Crippen MR) is 58.7 cm³/mol. The summed E-state index contributed by atoms with van der Waals surface area (Å²) in [6, 6.07) is 0. The molecule has 0 aliphatic heterocycles. The van der Waals surface area contributed by atoms with Gasteiger partial charge in [-0.3, -0.25) is 4.68 Å². The summed E-state index contributed by atoms with van der Waals surface area (Å²) in [5, 5.41) is 24.1. The number of hydrogen-bond acceptors (Lipinski definition) is 3. The lowest BCUT2D eigenvalue weighted by atomic mass is 10.00. The van der Waals surface area contributed by atoms with Crippen molar-refractivity contribution < 1.29 is 10.2 Å². The fraction of sp³-hybridized carbons (Fsp3) is 0.700. The highest BCUT2D eigenvalue weighted by Crippen LogP contribution is 2.27. The Labute approximate surface area is 94.5 Å². The normalized spacial score (nSPS) is 15.7. The van der Waals surface area contributed by atoms with Crippen LogP contribution in [0.25, 0.3) is 0 Å². The standard InChI is InChI=1S/C10H17ClN2O2/c1-4-13-8(7(11)5-12-13)10(15)9(14)6(2)3/h5-6,9-10,14-15H,4H2,1-3H3. The third-order valence-electron chi connectivity index (χ3n) is 2.42. The van der Waals surface area contributed by atoms with E-state index in [-0.39, 0.29) is 5.92 Å². The Balaban J connectivity index is 2.98. The van der Waals surface area contributed by atoms with Crippen molar-refractivity contribution in [2.24, 2.45) is 5.92 Å². The lowest BCUT2D eigenvalue weighted by molar-refractivity contribution is -0.0139. The Bertz CT molecular complexity index is 325. The minimum atomic E-state index is -0.986. The zero-order chi connectivity index (χ0) is 11.6. The topological polar surface area (TPSA) is 58.3 Å². The molecule has 1 heterocycles. The van der Waals surface area contributed by atoms with Crippen molar-refractivity contribution in [2.75, 3.05) is 0 Å². The number of aromatic nitrogens is 2. The molecular formula is C10H17ClN2O2. The van der Waals surface area contributed by atoms with Gasteiger partial charge in [0.25, 0.3) is 0 Å². The van der Waals surface area contributed by atoms with E-state index in [1.807, 2.05) is 20.8 Å². The Morgan fingerprint density at radius 1 is 1.47 bits per heavy atom. The van der Waals surface area contributed by atoms with Crippen LogP contribution >= 0.6 is 11.6 Å². The van der Waals surface area contributed by atoms with Crippen molar-refractivity contribution >= 4 is 11.6 Å². The largest absolute Gasteiger partial charge is 0.390 e. The third kappa shape index (κ3) is 2.51. The van der Waals surface area contributed by atoms with Crippen molar-refractivity contribution in [3.8, 4) is 0 Å². The van der Waals surface area contributed by atoms with Gasteiger partial charge in [0.1, 0.15) is 6.10 Å². The highest BCUT2D eigenvalue weighted by molar-refractivity contribution is 6.31. The summed E-state index contributed by atoms with van der Waals surface area (Å²) >= 11 is 5.91. The second kappa shape index (κ2) is 4.96. The van der Waals surface area contributed by atoms with Crippen molar-refractivity contribution in [2.45, 2.75) is 39.5 Å². The quantitative estimate of drug-likeness (QED) is 0.829. The number of aliphatic hydroxyl groups excluding tert-OH is 2. The smallest absolute Gasteiger partial charge is 0.123 e. The molecule has 5 heteroatoms. The molecule has 0 bridgehead atoms. The molecule has 4 nitrogen and oxygen atoms in total. The summed E-state index contributed by atoms with van der Waals surface area (Å²) < 4.78 is 1.60. The minimum absolute atomic E-state index is 0.0312. The first-order valence-corrected chi connectivity index (χ1v) is 5.44. The molecule has 2 atom stereocenters. The van der Waals surface area contributed by atoms with Crippen LogP contribution in [-0.2, 0) is 6.54 Å². The van der Waals surface area contributed by atoms with E-state index in [1.165, 1.54) is 6.20 Å². The molecule has 0 aliphatic rings. The van der Waals surface area contributed by atoms with Gasteiger partial charge in [-0.2, -0.15) is 5.10 Å².